The monoisotopic (exact) mass is 207 g/mol. The lowest BCUT2D eigenvalue weighted by Gasteiger charge is -2.07. The molecule has 1 nitrogen and oxygen atoms in total. The van der Waals surface area contributed by atoms with Gasteiger partial charge in [-0.2, -0.15) is 0 Å². The van der Waals surface area contributed by atoms with Gasteiger partial charge >= 0.3 is 0 Å². The van der Waals surface area contributed by atoms with Crippen LogP contribution in [0.25, 0.3) is 0 Å². The van der Waals surface area contributed by atoms with Crippen molar-refractivity contribution in [2.75, 3.05) is 18.5 Å². The smallest absolute Gasteiger partial charge is 0.152 e. The van der Waals surface area contributed by atoms with Crippen LogP contribution in [0.1, 0.15) is 6.42 Å². The van der Waals surface area contributed by atoms with E-state index in [0.717, 1.165) is 0 Å². The highest BCUT2D eigenvalue weighted by atomic mass is 19.1. The molecule has 0 aromatic heterocycles. The molecule has 0 aliphatic heterocycles. The number of nitrogens with one attached hydrogen (secondary N) is 1. The van der Waals surface area contributed by atoms with E-state index in [1.807, 2.05) is 0 Å². The lowest BCUT2D eigenvalue weighted by molar-refractivity contribution is 0.479. The average molecular weight is 207 g/mol. The maximum absolute atomic E-state index is 12.9. The minimum Gasteiger partial charge on any atom is -0.380 e. The highest BCUT2D eigenvalue weighted by Gasteiger charge is 2.10. The van der Waals surface area contributed by atoms with Gasteiger partial charge in [0.25, 0.3) is 0 Å². The molecule has 78 valence electrons. The van der Waals surface area contributed by atoms with Gasteiger partial charge in [-0.05, 0) is 6.42 Å². The van der Waals surface area contributed by atoms with Gasteiger partial charge < -0.3 is 5.32 Å². The summed E-state index contributed by atoms with van der Waals surface area (Å²) in [5.41, 5.74) is -0.417. The molecule has 0 saturated carbocycles. The first-order chi connectivity index (χ1) is 6.65. The van der Waals surface area contributed by atoms with Crippen LogP contribution in [0.3, 0.4) is 0 Å². The van der Waals surface area contributed by atoms with Gasteiger partial charge in [0, 0.05) is 18.7 Å². The van der Waals surface area contributed by atoms with Crippen LogP contribution in [-0.2, 0) is 0 Å². The fraction of sp³-hybridized carbons (Fsp3) is 0.333. The Bertz CT molecular complexity index is 291. The Hall–Kier alpha value is -1.26. The number of hydrogen-bond donors (Lipinski definition) is 1. The number of halogens is 4. The number of alkyl halides is 1. The number of rotatable bonds is 4. The van der Waals surface area contributed by atoms with Crippen LogP contribution in [0.15, 0.2) is 12.1 Å². The van der Waals surface area contributed by atoms with Gasteiger partial charge in [0.15, 0.2) is 11.6 Å². The SMILES string of the molecule is FCCCNc1c(F)cc(F)cc1F. The third-order valence-electron chi connectivity index (χ3n) is 1.62. The van der Waals surface area contributed by atoms with Crippen molar-refractivity contribution >= 4 is 5.69 Å². The second-order valence-electron chi connectivity index (χ2n) is 2.71. The first kappa shape index (κ1) is 10.8. The van der Waals surface area contributed by atoms with Crippen molar-refractivity contribution in [3.05, 3.63) is 29.6 Å². The predicted octanol–water partition coefficient (Wildman–Crippen LogP) is 2.88. The summed E-state index contributed by atoms with van der Waals surface area (Å²) in [6.07, 6.45) is 0.149. The maximum Gasteiger partial charge on any atom is 0.152 e. The standard InChI is InChI=1S/C9H9F4N/c10-2-1-3-14-9-7(12)4-6(11)5-8(9)13/h4-5,14H,1-3H2. The lowest BCUT2D eigenvalue weighted by Crippen LogP contribution is -2.06. The lowest BCUT2D eigenvalue weighted by atomic mass is 10.2. The highest BCUT2D eigenvalue weighted by molar-refractivity contribution is 5.46. The summed E-state index contributed by atoms with van der Waals surface area (Å²) in [5, 5.41) is 2.35. The Morgan fingerprint density at radius 1 is 1.07 bits per heavy atom. The Labute approximate surface area is 78.7 Å². The van der Waals surface area contributed by atoms with Gasteiger partial charge in [-0.1, -0.05) is 0 Å². The molecule has 0 saturated heterocycles. The Morgan fingerprint density at radius 3 is 2.14 bits per heavy atom. The minimum atomic E-state index is -1.01. The van der Waals surface area contributed by atoms with E-state index in [4.69, 9.17) is 0 Å². The average Bonchev–Trinajstić information content (AvgIpc) is 2.09. The van der Waals surface area contributed by atoms with Crippen LogP contribution < -0.4 is 5.32 Å². The minimum absolute atomic E-state index is 0.107. The fourth-order valence-corrected chi connectivity index (χ4v) is 0.991. The Balaban J connectivity index is 2.75. The highest BCUT2D eigenvalue weighted by Crippen LogP contribution is 2.19. The zero-order valence-electron chi connectivity index (χ0n) is 7.29. The Morgan fingerprint density at radius 2 is 1.64 bits per heavy atom. The molecular weight excluding hydrogens is 198 g/mol. The largest absolute Gasteiger partial charge is 0.380 e. The van der Waals surface area contributed by atoms with Crippen molar-refractivity contribution in [3.8, 4) is 0 Å². The molecule has 0 spiro atoms. The molecule has 0 aliphatic carbocycles. The molecule has 1 aromatic carbocycles. The van der Waals surface area contributed by atoms with E-state index in [0.29, 0.717) is 12.1 Å². The van der Waals surface area contributed by atoms with Crippen molar-refractivity contribution in [2.45, 2.75) is 6.42 Å². The molecule has 0 heterocycles. The zero-order valence-corrected chi connectivity index (χ0v) is 7.29. The summed E-state index contributed by atoms with van der Waals surface area (Å²) in [6.45, 7) is -0.465. The quantitative estimate of drug-likeness (QED) is 0.591. The molecule has 1 rings (SSSR count). The summed E-state index contributed by atoms with van der Waals surface area (Å²) < 4.78 is 49.9. The molecule has 1 N–H and O–H groups in total. The van der Waals surface area contributed by atoms with Crippen molar-refractivity contribution < 1.29 is 17.6 Å². The summed E-state index contributed by atoms with van der Waals surface area (Å²) in [7, 11) is 0. The molecule has 5 heteroatoms. The summed E-state index contributed by atoms with van der Waals surface area (Å²) in [4.78, 5) is 0. The molecule has 0 fully saturated rings. The van der Waals surface area contributed by atoms with E-state index in [1.165, 1.54) is 0 Å². The first-order valence-corrected chi connectivity index (χ1v) is 4.09. The van der Waals surface area contributed by atoms with Crippen molar-refractivity contribution in [3.63, 3.8) is 0 Å². The van der Waals surface area contributed by atoms with E-state index in [-0.39, 0.29) is 13.0 Å². The molecule has 0 unspecified atom stereocenters. The van der Waals surface area contributed by atoms with Gasteiger partial charge in [0.1, 0.15) is 11.5 Å². The molecule has 0 amide bonds. The van der Waals surface area contributed by atoms with Gasteiger partial charge in [-0.25, -0.2) is 13.2 Å². The molecule has 0 radical (unpaired) electrons. The number of hydrogen-bond acceptors (Lipinski definition) is 1. The van der Waals surface area contributed by atoms with E-state index >= 15 is 0 Å². The van der Waals surface area contributed by atoms with Crippen LogP contribution in [0.4, 0.5) is 23.2 Å². The third kappa shape index (κ3) is 2.61. The van der Waals surface area contributed by atoms with E-state index in [9.17, 15) is 17.6 Å². The molecule has 0 aliphatic rings. The van der Waals surface area contributed by atoms with Crippen LogP contribution in [-0.4, -0.2) is 13.2 Å². The van der Waals surface area contributed by atoms with Crippen LogP contribution in [0.2, 0.25) is 0 Å². The molecular formula is C9H9F4N. The topological polar surface area (TPSA) is 12.0 Å². The van der Waals surface area contributed by atoms with E-state index in [2.05, 4.69) is 5.32 Å². The molecule has 14 heavy (non-hydrogen) atoms. The van der Waals surface area contributed by atoms with Crippen molar-refractivity contribution in [2.24, 2.45) is 0 Å². The van der Waals surface area contributed by atoms with Gasteiger partial charge in [0.2, 0.25) is 0 Å². The second kappa shape index (κ2) is 4.83. The van der Waals surface area contributed by atoms with Crippen LogP contribution in [0.5, 0.6) is 0 Å². The van der Waals surface area contributed by atoms with Crippen LogP contribution in [0, 0.1) is 17.5 Å². The fourth-order valence-electron chi connectivity index (χ4n) is 0.991. The first-order valence-electron chi connectivity index (χ1n) is 4.09. The van der Waals surface area contributed by atoms with Gasteiger partial charge in [-0.15, -0.1) is 0 Å². The van der Waals surface area contributed by atoms with Gasteiger partial charge in [0.05, 0.1) is 6.67 Å². The maximum atomic E-state index is 12.9. The van der Waals surface area contributed by atoms with E-state index < -0.39 is 29.8 Å². The summed E-state index contributed by atoms with van der Waals surface area (Å²) in [5.74, 6) is -3.00. The number of anilines is 1. The predicted molar refractivity (Wildman–Crippen MR) is 45.4 cm³/mol. The molecule has 0 bridgehead atoms. The second-order valence-corrected chi connectivity index (χ2v) is 2.71. The number of benzene rings is 1. The molecule has 0 atom stereocenters. The normalized spacial score (nSPS) is 10.3. The summed E-state index contributed by atoms with van der Waals surface area (Å²) in [6, 6.07) is 1.14. The molecule has 1 aromatic rings. The van der Waals surface area contributed by atoms with Gasteiger partial charge in [-0.3, -0.25) is 4.39 Å². The van der Waals surface area contributed by atoms with Crippen molar-refractivity contribution in [1.82, 2.24) is 0 Å². The summed E-state index contributed by atoms with van der Waals surface area (Å²) >= 11 is 0. The zero-order chi connectivity index (χ0) is 10.6. The third-order valence-corrected chi connectivity index (χ3v) is 1.62. The van der Waals surface area contributed by atoms with Crippen molar-refractivity contribution in [1.29, 1.82) is 0 Å². The van der Waals surface area contributed by atoms with Crippen LogP contribution >= 0.6 is 0 Å². The van der Waals surface area contributed by atoms with E-state index in [1.54, 1.807) is 0 Å². The Kier molecular flexibility index (Phi) is 3.73.